The van der Waals surface area contributed by atoms with Crippen molar-refractivity contribution < 1.29 is 19.4 Å². The van der Waals surface area contributed by atoms with Gasteiger partial charge in [-0.15, -0.1) is 0 Å². The van der Waals surface area contributed by atoms with Crippen molar-refractivity contribution in [1.82, 2.24) is 10.6 Å². The zero-order valence-electron chi connectivity index (χ0n) is 11.2. The molecular formula is C13H22N2O4. The maximum atomic E-state index is 11.9. The van der Waals surface area contributed by atoms with Gasteiger partial charge in [0.2, 0.25) is 0 Å². The van der Waals surface area contributed by atoms with E-state index < -0.39 is 5.97 Å². The van der Waals surface area contributed by atoms with E-state index in [1.165, 1.54) is 0 Å². The second kappa shape index (κ2) is 6.23. The number of rotatable bonds is 5. The Morgan fingerprint density at radius 3 is 2.68 bits per heavy atom. The zero-order chi connectivity index (χ0) is 13.8. The molecule has 2 rings (SSSR count). The second-order valence-corrected chi connectivity index (χ2v) is 5.56. The molecule has 2 fully saturated rings. The Morgan fingerprint density at radius 1 is 1.37 bits per heavy atom. The van der Waals surface area contributed by atoms with Crippen LogP contribution >= 0.6 is 0 Å². The summed E-state index contributed by atoms with van der Waals surface area (Å²) in [5.74, 6) is -0.535. The molecule has 108 valence electrons. The van der Waals surface area contributed by atoms with Crippen molar-refractivity contribution >= 4 is 12.0 Å². The monoisotopic (exact) mass is 270 g/mol. The molecule has 1 saturated carbocycles. The fourth-order valence-corrected chi connectivity index (χ4v) is 2.55. The molecule has 6 heteroatoms. The van der Waals surface area contributed by atoms with Crippen molar-refractivity contribution in [3.8, 4) is 0 Å². The van der Waals surface area contributed by atoms with E-state index in [0.29, 0.717) is 12.5 Å². The summed E-state index contributed by atoms with van der Waals surface area (Å²) in [6, 6.07) is -0.375. The van der Waals surface area contributed by atoms with E-state index >= 15 is 0 Å². The number of ether oxygens (including phenoxy) is 1. The maximum Gasteiger partial charge on any atom is 0.315 e. The van der Waals surface area contributed by atoms with E-state index in [1.807, 2.05) is 6.92 Å². The fourth-order valence-electron chi connectivity index (χ4n) is 2.55. The van der Waals surface area contributed by atoms with Crippen LogP contribution in [0.15, 0.2) is 0 Å². The van der Waals surface area contributed by atoms with Crippen molar-refractivity contribution in [2.24, 2.45) is 5.92 Å². The standard InChI is InChI=1S/C13H22N2O4/c1-8-6-10(4-5-19-8)14-13(18)15-11(7-12(16)17)9-2-3-9/h8-11H,2-7H2,1H3,(H,16,17)(H2,14,15,18). The number of nitrogens with one attached hydrogen (secondary N) is 2. The van der Waals surface area contributed by atoms with Crippen molar-refractivity contribution in [1.29, 1.82) is 0 Å². The Hall–Kier alpha value is -1.30. The number of amides is 2. The first-order valence-corrected chi connectivity index (χ1v) is 6.95. The minimum Gasteiger partial charge on any atom is -0.481 e. The molecule has 1 aliphatic carbocycles. The van der Waals surface area contributed by atoms with E-state index in [4.69, 9.17) is 9.84 Å². The van der Waals surface area contributed by atoms with Crippen LogP contribution in [0, 0.1) is 5.92 Å². The van der Waals surface area contributed by atoms with Gasteiger partial charge < -0.3 is 20.5 Å². The van der Waals surface area contributed by atoms with Gasteiger partial charge in [0.05, 0.1) is 12.5 Å². The van der Waals surface area contributed by atoms with Crippen LogP contribution in [-0.2, 0) is 9.53 Å². The lowest BCUT2D eigenvalue weighted by atomic mass is 10.0. The van der Waals surface area contributed by atoms with Gasteiger partial charge >= 0.3 is 12.0 Å². The Balaban J connectivity index is 1.77. The van der Waals surface area contributed by atoms with Crippen LogP contribution in [0.5, 0.6) is 0 Å². The number of carboxylic acid groups (broad SMARTS) is 1. The molecule has 2 amide bonds. The summed E-state index contributed by atoms with van der Waals surface area (Å²) in [6.07, 6.45) is 3.80. The summed E-state index contributed by atoms with van der Waals surface area (Å²) in [5, 5.41) is 14.6. The predicted octanol–water partition coefficient (Wildman–Crippen LogP) is 1.11. The molecule has 1 aliphatic heterocycles. The summed E-state index contributed by atoms with van der Waals surface area (Å²) < 4.78 is 5.42. The third-order valence-electron chi connectivity index (χ3n) is 3.72. The van der Waals surface area contributed by atoms with Gasteiger partial charge in [-0.3, -0.25) is 4.79 Å². The molecule has 3 atom stereocenters. The van der Waals surface area contributed by atoms with Crippen LogP contribution in [0.4, 0.5) is 4.79 Å². The van der Waals surface area contributed by atoms with Gasteiger partial charge in [0.1, 0.15) is 0 Å². The van der Waals surface area contributed by atoms with E-state index in [1.54, 1.807) is 0 Å². The average molecular weight is 270 g/mol. The molecule has 3 unspecified atom stereocenters. The van der Waals surface area contributed by atoms with Crippen LogP contribution in [0.1, 0.15) is 39.0 Å². The van der Waals surface area contributed by atoms with Crippen molar-refractivity contribution in [3.05, 3.63) is 0 Å². The molecule has 6 nitrogen and oxygen atoms in total. The Kier molecular flexibility index (Phi) is 4.63. The first-order valence-electron chi connectivity index (χ1n) is 6.95. The predicted molar refractivity (Wildman–Crippen MR) is 68.9 cm³/mol. The van der Waals surface area contributed by atoms with Gasteiger partial charge in [-0.25, -0.2) is 4.79 Å². The Bertz CT molecular complexity index is 344. The van der Waals surface area contributed by atoms with Crippen LogP contribution in [0.25, 0.3) is 0 Å². The minimum absolute atomic E-state index is 0.00225. The number of aliphatic carboxylic acids is 1. The quantitative estimate of drug-likeness (QED) is 0.698. The summed E-state index contributed by atoms with van der Waals surface area (Å²) >= 11 is 0. The molecule has 1 heterocycles. The van der Waals surface area contributed by atoms with E-state index in [2.05, 4.69) is 10.6 Å². The largest absolute Gasteiger partial charge is 0.481 e. The molecule has 3 N–H and O–H groups in total. The summed E-state index contributed by atoms with van der Waals surface area (Å²) in [5.41, 5.74) is 0. The molecule has 0 aromatic heterocycles. The average Bonchev–Trinajstić information content (AvgIpc) is 3.10. The zero-order valence-corrected chi connectivity index (χ0v) is 11.2. The second-order valence-electron chi connectivity index (χ2n) is 5.56. The molecule has 1 saturated heterocycles. The molecule has 0 bridgehead atoms. The Morgan fingerprint density at radius 2 is 2.11 bits per heavy atom. The molecular weight excluding hydrogens is 248 g/mol. The first-order chi connectivity index (χ1) is 9.04. The van der Waals surface area contributed by atoms with Gasteiger partial charge in [-0.1, -0.05) is 0 Å². The van der Waals surface area contributed by atoms with Crippen molar-refractivity contribution in [2.45, 2.75) is 57.2 Å². The highest BCUT2D eigenvalue weighted by molar-refractivity contribution is 5.76. The molecule has 0 aromatic rings. The SMILES string of the molecule is CC1CC(NC(=O)NC(CC(=O)O)C2CC2)CCO1. The van der Waals surface area contributed by atoms with E-state index in [9.17, 15) is 9.59 Å². The third-order valence-corrected chi connectivity index (χ3v) is 3.72. The first kappa shape index (κ1) is 14.1. The number of carbonyl (C=O) groups excluding carboxylic acids is 1. The van der Waals surface area contributed by atoms with E-state index in [-0.39, 0.29) is 30.6 Å². The minimum atomic E-state index is -0.864. The van der Waals surface area contributed by atoms with Gasteiger partial charge in [-0.05, 0) is 38.5 Å². The normalized spacial score (nSPS) is 28.5. The lowest BCUT2D eigenvalue weighted by Crippen LogP contribution is -2.49. The van der Waals surface area contributed by atoms with Gasteiger partial charge in [0.25, 0.3) is 0 Å². The highest BCUT2D eigenvalue weighted by Gasteiger charge is 2.34. The highest BCUT2D eigenvalue weighted by Crippen LogP contribution is 2.34. The maximum absolute atomic E-state index is 11.9. The van der Waals surface area contributed by atoms with Crippen molar-refractivity contribution in [3.63, 3.8) is 0 Å². The van der Waals surface area contributed by atoms with Gasteiger partial charge in [0.15, 0.2) is 0 Å². The number of hydrogen-bond donors (Lipinski definition) is 3. The smallest absolute Gasteiger partial charge is 0.315 e. The number of hydrogen-bond acceptors (Lipinski definition) is 3. The van der Waals surface area contributed by atoms with Crippen LogP contribution in [-0.4, -0.2) is 41.9 Å². The summed E-state index contributed by atoms with van der Waals surface area (Å²) in [4.78, 5) is 22.7. The van der Waals surface area contributed by atoms with E-state index in [0.717, 1.165) is 25.7 Å². The van der Waals surface area contributed by atoms with Crippen LogP contribution < -0.4 is 10.6 Å². The number of carboxylic acids is 1. The summed E-state index contributed by atoms with van der Waals surface area (Å²) in [6.45, 7) is 2.65. The van der Waals surface area contributed by atoms with Crippen molar-refractivity contribution in [2.75, 3.05) is 6.61 Å². The highest BCUT2D eigenvalue weighted by atomic mass is 16.5. The number of carbonyl (C=O) groups is 2. The van der Waals surface area contributed by atoms with Crippen LogP contribution in [0.2, 0.25) is 0 Å². The lowest BCUT2D eigenvalue weighted by Gasteiger charge is -2.28. The fraction of sp³-hybridized carbons (Fsp3) is 0.846. The molecule has 0 aromatic carbocycles. The van der Waals surface area contributed by atoms with Gasteiger partial charge in [-0.2, -0.15) is 0 Å². The Labute approximate surface area is 112 Å². The van der Waals surface area contributed by atoms with Crippen LogP contribution in [0.3, 0.4) is 0 Å². The third kappa shape index (κ3) is 4.70. The lowest BCUT2D eigenvalue weighted by molar-refractivity contribution is -0.137. The topological polar surface area (TPSA) is 87.7 Å². The molecule has 19 heavy (non-hydrogen) atoms. The molecule has 0 spiro atoms. The summed E-state index contributed by atoms with van der Waals surface area (Å²) in [7, 11) is 0. The molecule has 2 aliphatic rings. The molecule has 0 radical (unpaired) electrons. The van der Waals surface area contributed by atoms with Gasteiger partial charge in [0, 0.05) is 18.7 Å². The number of urea groups is 1.